The quantitative estimate of drug-likeness (QED) is 0.643. The van der Waals surface area contributed by atoms with Crippen LogP contribution in [0, 0.1) is 0 Å². The van der Waals surface area contributed by atoms with Gasteiger partial charge in [-0.05, 0) is 0 Å². The molecule has 0 saturated heterocycles. The maximum absolute atomic E-state index is 10.7. The zero-order valence-corrected chi connectivity index (χ0v) is 6.70. The minimum absolute atomic E-state index is 0.210. The van der Waals surface area contributed by atoms with E-state index in [1.165, 1.54) is 6.39 Å². The van der Waals surface area contributed by atoms with E-state index in [1.54, 1.807) is 7.05 Å². The van der Waals surface area contributed by atoms with Gasteiger partial charge in [-0.3, -0.25) is 0 Å². The first-order chi connectivity index (χ1) is 5.83. The van der Waals surface area contributed by atoms with Gasteiger partial charge < -0.3 is 15.2 Å². The third-order valence-corrected chi connectivity index (χ3v) is 1.27. The lowest BCUT2D eigenvalue weighted by molar-refractivity contribution is 0.243. The van der Waals surface area contributed by atoms with Gasteiger partial charge in [-0.15, -0.1) is 0 Å². The molecule has 0 aliphatic heterocycles. The van der Waals surface area contributed by atoms with Crippen LogP contribution in [0.2, 0.25) is 0 Å². The van der Waals surface area contributed by atoms with E-state index >= 15 is 0 Å². The highest BCUT2D eigenvalue weighted by Gasteiger charge is 1.99. The van der Waals surface area contributed by atoms with Crippen LogP contribution in [0.5, 0.6) is 0 Å². The van der Waals surface area contributed by atoms with E-state index in [9.17, 15) is 4.79 Å². The van der Waals surface area contributed by atoms with Crippen LogP contribution in [0.15, 0.2) is 10.9 Å². The van der Waals surface area contributed by atoms with Crippen molar-refractivity contribution in [2.45, 2.75) is 6.42 Å². The van der Waals surface area contributed by atoms with Crippen molar-refractivity contribution in [3.8, 4) is 0 Å². The Morgan fingerprint density at radius 2 is 2.58 bits per heavy atom. The van der Waals surface area contributed by atoms with Gasteiger partial charge >= 0.3 is 6.03 Å². The molecule has 0 aliphatic carbocycles. The number of urea groups is 1. The summed E-state index contributed by atoms with van der Waals surface area (Å²) in [6.07, 6.45) is 1.83. The van der Waals surface area contributed by atoms with Crippen LogP contribution in [-0.2, 0) is 6.42 Å². The number of rotatable bonds is 3. The molecule has 1 heterocycles. The molecular formula is C6H10N4O2. The van der Waals surface area contributed by atoms with E-state index in [1.807, 2.05) is 0 Å². The number of carbonyl (C=O) groups is 1. The van der Waals surface area contributed by atoms with Gasteiger partial charge in [-0.1, -0.05) is 5.16 Å². The first kappa shape index (κ1) is 8.51. The molecule has 6 nitrogen and oxygen atoms in total. The van der Waals surface area contributed by atoms with Crippen LogP contribution < -0.4 is 10.6 Å². The van der Waals surface area contributed by atoms with Crippen LogP contribution in [0.1, 0.15) is 5.82 Å². The predicted molar refractivity (Wildman–Crippen MR) is 40.5 cm³/mol. The number of nitrogens with zero attached hydrogens (tertiary/aromatic N) is 2. The molecule has 2 amide bonds. The Morgan fingerprint density at radius 1 is 1.75 bits per heavy atom. The fourth-order valence-corrected chi connectivity index (χ4v) is 0.679. The molecule has 0 fully saturated rings. The summed E-state index contributed by atoms with van der Waals surface area (Å²) in [6.45, 7) is 0.499. The Balaban J connectivity index is 2.15. The summed E-state index contributed by atoms with van der Waals surface area (Å²) < 4.78 is 4.51. The molecule has 1 aromatic rings. The van der Waals surface area contributed by atoms with Crippen molar-refractivity contribution < 1.29 is 9.32 Å². The molecule has 0 saturated carbocycles. The molecule has 0 atom stereocenters. The SMILES string of the molecule is CNC(=O)NCCc1ncon1. The summed E-state index contributed by atoms with van der Waals surface area (Å²) in [7, 11) is 1.56. The van der Waals surface area contributed by atoms with E-state index in [0.29, 0.717) is 18.8 Å². The zero-order chi connectivity index (χ0) is 8.81. The number of amides is 2. The summed E-state index contributed by atoms with van der Waals surface area (Å²) in [5, 5.41) is 8.61. The van der Waals surface area contributed by atoms with Crippen molar-refractivity contribution in [3.05, 3.63) is 12.2 Å². The average molecular weight is 170 g/mol. The molecule has 1 aromatic heterocycles. The van der Waals surface area contributed by atoms with Crippen molar-refractivity contribution >= 4 is 6.03 Å². The fourth-order valence-electron chi connectivity index (χ4n) is 0.679. The van der Waals surface area contributed by atoms with Crippen molar-refractivity contribution in [2.75, 3.05) is 13.6 Å². The second-order valence-electron chi connectivity index (χ2n) is 2.10. The van der Waals surface area contributed by atoms with Crippen molar-refractivity contribution in [2.24, 2.45) is 0 Å². The summed E-state index contributed by atoms with van der Waals surface area (Å²) in [4.78, 5) is 14.4. The first-order valence-electron chi connectivity index (χ1n) is 3.53. The average Bonchev–Trinajstić information content (AvgIpc) is 2.57. The summed E-state index contributed by atoms with van der Waals surface area (Å²) in [5.41, 5.74) is 0. The van der Waals surface area contributed by atoms with E-state index in [0.717, 1.165) is 0 Å². The lowest BCUT2D eigenvalue weighted by Gasteiger charge is -2.00. The number of aromatic nitrogens is 2. The Morgan fingerprint density at radius 3 is 3.17 bits per heavy atom. The molecule has 0 radical (unpaired) electrons. The maximum Gasteiger partial charge on any atom is 0.314 e. The van der Waals surface area contributed by atoms with Gasteiger partial charge in [0.2, 0.25) is 6.39 Å². The fraction of sp³-hybridized carbons (Fsp3) is 0.500. The topological polar surface area (TPSA) is 80.0 Å². The minimum atomic E-state index is -0.210. The maximum atomic E-state index is 10.7. The molecule has 12 heavy (non-hydrogen) atoms. The highest BCUT2D eigenvalue weighted by atomic mass is 16.5. The molecule has 66 valence electrons. The Kier molecular flexibility index (Phi) is 3.06. The second-order valence-corrected chi connectivity index (χ2v) is 2.10. The zero-order valence-electron chi connectivity index (χ0n) is 6.70. The second kappa shape index (κ2) is 4.32. The van der Waals surface area contributed by atoms with E-state index in [2.05, 4.69) is 25.3 Å². The molecule has 0 bridgehead atoms. The van der Waals surface area contributed by atoms with Gasteiger partial charge in [0.1, 0.15) is 0 Å². The molecule has 0 aromatic carbocycles. The van der Waals surface area contributed by atoms with Gasteiger partial charge in [0.05, 0.1) is 0 Å². The van der Waals surface area contributed by atoms with Gasteiger partial charge in [-0.25, -0.2) is 4.79 Å². The standard InChI is InChI=1S/C6H10N4O2/c1-7-6(11)8-3-2-5-9-4-12-10-5/h4H,2-3H2,1H3,(H2,7,8,11). The summed E-state index contributed by atoms with van der Waals surface area (Å²) >= 11 is 0. The van der Waals surface area contributed by atoms with Crippen LogP contribution in [-0.4, -0.2) is 29.8 Å². The number of nitrogens with one attached hydrogen (secondary N) is 2. The third kappa shape index (κ3) is 2.57. The Hall–Kier alpha value is -1.59. The Bertz CT molecular complexity index is 234. The Labute approximate surface area is 69.3 Å². The highest BCUT2D eigenvalue weighted by Crippen LogP contribution is 1.87. The van der Waals surface area contributed by atoms with Crippen molar-refractivity contribution in [1.82, 2.24) is 20.8 Å². The smallest absolute Gasteiger partial charge is 0.314 e. The van der Waals surface area contributed by atoms with Gasteiger partial charge in [-0.2, -0.15) is 4.98 Å². The molecular weight excluding hydrogens is 160 g/mol. The van der Waals surface area contributed by atoms with Gasteiger partial charge in [0.15, 0.2) is 5.82 Å². The number of hydrogen-bond acceptors (Lipinski definition) is 4. The summed E-state index contributed by atoms with van der Waals surface area (Å²) in [6, 6.07) is -0.210. The van der Waals surface area contributed by atoms with Crippen LogP contribution in [0.25, 0.3) is 0 Å². The van der Waals surface area contributed by atoms with Crippen LogP contribution in [0.4, 0.5) is 4.79 Å². The van der Waals surface area contributed by atoms with E-state index in [4.69, 9.17) is 0 Å². The van der Waals surface area contributed by atoms with Gasteiger partial charge in [0, 0.05) is 20.0 Å². The predicted octanol–water partition coefficient (Wildman–Crippen LogP) is -0.459. The van der Waals surface area contributed by atoms with E-state index < -0.39 is 0 Å². The third-order valence-electron chi connectivity index (χ3n) is 1.27. The van der Waals surface area contributed by atoms with E-state index in [-0.39, 0.29) is 6.03 Å². The van der Waals surface area contributed by atoms with Crippen molar-refractivity contribution in [1.29, 1.82) is 0 Å². The number of hydrogen-bond donors (Lipinski definition) is 2. The lowest BCUT2D eigenvalue weighted by atomic mass is 10.4. The molecule has 2 N–H and O–H groups in total. The monoisotopic (exact) mass is 170 g/mol. The molecule has 1 rings (SSSR count). The van der Waals surface area contributed by atoms with Crippen molar-refractivity contribution in [3.63, 3.8) is 0 Å². The molecule has 6 heteroatoms. The first-order valence-corrected chi connectivity index (χ1v) is 3.53. The molecule has 0 unspecified atom stereocenters. The van der Waals surface area contributed by atoms with Gasteiger partial charge in [0.25, 0.3) is 0 Å². The largest absolute Gasteiger partial charge is 0.343 e. The number of carbonyl (C=O) groups excluding carboxylic acids is 1. The minimum Gasteiger partial charge on any atom is -0.343 e. The van der Waals surface area contributed by atoms with Crippen LogP contribution in [0.3, 0.4) is 0 Å². The normalized spacial score (nSPS) is 9.42. The summed E-state index contributed by atoms with van der Waals surface area (Å²) in [5.74, 6) is 0.589. The lowest BCUT2D eigenvalue weighted by Crippen LogP contribution is -2.34. The highest BCUT2D eigenvalue weighted by molar-refractivity contribution is 5.73. The van der Waals surface area contributed by atoms with Crippen LogP contribution >= 0.6 is 0 Å². The molecule has 0 spiro atoms. The molecule has 0 aliphatic rings.